The molecule has 0 fully saturated rings. The standard InChI is InChI=1S/C15H12ClF3N2O3S/c16-13-4-2-1-3-12(13)14(22)21-10-5-7-11(8-6-10)25(23,24)20-9-15(17,18)19/h1-8,20H,9H2,(H,21,22). The number of hydrogen-bond acceptors (Lipinski definition) is 3. The topological polar surface area (TPSA) is 75.3 Å². The summed E-state index contributed by atoms with van der Waals surface area (Å²) in [4.78, 5) is 11.7. The van der Waals surface area contributed by atoms with Crippen LogP contribution >= 0.6 is 11.6 Å². The third-order valence-electron chi connectivity index (χ3n) is 3.00. The Bertz CT molecular complexity index is 868. The van der Waals surface area contributed by atoms with Crippen LogP contribution in [0.15, 0.2) is 53.4 Å². The molecule has 0 aliphatic rings. The fraction of sp³-hybridized carbons (Fsp3) is 0.133. The summed E-state index contributed by atoms with van der Waals surface area (Å²) in [6.07, 6.45) is -4.66. The first kappa shape index (κ1) is 19.2. The van der Waals surface area contributed by atoms with Crippen molar-refractivity contribution < 1.29 is 26.4 Å². The van der Waals surface area contributed by atoms with Gasteiger partial charge >= 0.3 is 6.18 Å². The van der Waals surface area contributed by atoms with Crippen LogP contribution < -0.4 is 10.0 Å². The van der Waals surface area contributed by atoms with E-state index in [1.807, 2.05) is 0 Å². The molecule has 0 unspecified atom stereocenters. The second-order valence-electron chi connectivity index (χ2n) is 4.90. The Kier molecular flexibility index (Phi) is 5.71. The van der Waals surface area contributed by atoms with E-state index in [-0.39, 0.29) is 21.2 Å². The first-order valence-corrected chi connectivity index (χ1v) is 8.67. The lowest BCUT2D eigenvalue weighted by molar-refractivity contribution is -0.121. The van der Waals surface area contributed by atoms with Crippen molar-refractivity contribution in [3.8, 4) is 0 Å². The summed E-state index contributed by atoms with van der Waals surface area (Å²) in [6, 6.07) is 11.0. The molecule has 0 atom stereocenters. The lowest BCUT2D eigenvalue weighted by atomic mass is 10.2. The van der Waals surface area contributed by atoms with E-state index >= 15 is 0 Å². The van der Waals surface area contributed by atoms with Gasteiger partial charge in [-0.25, -0.2) is 13.1 Å². The summed E-state index contributed by atoms with van der Waals surface area (Å²) >= 11 is 5.90. The molecular formula is C15H12ClF3N2O3S. The van der Waals surface area contributed by atoms with Gasteiger partial charge < -0.3 is 5.32 Å². The minimum Gasteiger partial charge on any atom is -0.322 e. The highest BCUT2D eigenvalue weighted by atomic mass is 35.5. The largest absolute Gasteiger partial charge is 0.402 e. The Hall–Kier alpha value is -2.10. The smallest absolute Gasteiger partial charge is 0.322 e. The average Bonchev–Trinajstić information content (AvgIpc) is 2.53. The summed E-state index contributed by atoms with van der Waals surface area (Å²) in [7, 11) is -4.30. The van der Waals surface area contributed by atoms with Gasteiger partial charge in [-0.3, -0.25) is 4.79 Å². The van der Waals surface area contributed by atoms with Gasteiger partial charge in [0.1, 0.15) is 6.54 Å². The molecule has 0 radical (unpaired) electrons. The van der Waals surface area contributed by atoms with Crippen molar-refractivity contribution in [3.63, 3.8) is 0 Å². The van der Waals surface area contributed by atoms with Crippen molar-refractivity contribution in [2.45, 2.75) is 11.1 Å². The number of carbonyl (C=O) groups excluding carboxylic acids is 1. The van der Waals surface area contributed by atoms with Crippen LogP contribution in [0.25, 0.3) is 0 Å². The molecule has 0 saturated heterocycles. The first-order chi connectivity index (χ1) is 11.6. The van der Waals surface area contributed by atoms with E-state index in [1.54, 1.807) is 18.2 Å². The number of benzene rings is 2. The number of carbonyl (C=O) groups is 1. The van der Waals surface area contributed by atoms with Crippen molar-refractivity contribution in [1.82, 2.24) is 4.72 Å². The molecule has 0 heterocycles. The number of anilines is 1. The molecule has 0 saturated carbocycles. The van der Waals surface area contributed by atoms with Gasteiger partial charge in [0, 0.05) is 5.69 Å². The van der Waals surface area contributed by atoms with E-state index in [0.717, 1.165) is 12.1 Å². The van der Waals surface area contributed by atoms with E-state index in [0.29, 0.717) is 0 Å². The van der Waals surface area contributed by atoms with Crippen LogP contribution in [-0.4, -0.2) is 27.0 Å². The van der Waals surface area contributed by atoms with Gasteiger partial charge in [-0.05, 0) is 36.4 Å². The average molecular weight is 393 g/mol. The SMILES string of the molecule is O=C(Nc1ccc(S(=O)(=O)NCC(F)(F)F)cc1)c1ccccc1Cl. The van der Waals surface area contributed by atoms with Crippen LogP contribution in [0.5, 0.6) is 0 Å². The summed E-state index contributed by atoms with van der Waals surface area (Å²) in [5.74, 6) is -0.503. The lowest BCUT2D eigenvalue weighted by Crippen LogP contribution is -2.33. The number of hydrogen-bond donors (Lipinski definition) is 2. The molecule has 0 spiro atoms. The first-order valence-electron chi connectivity index (χ1n) is 6.81. The Morgan fingerprint density at radius 3 is 2.20 bits per heavy atom. The molecule has 134 valence electrons. The Labute approximate surface area is 146 Å². The molecule has 10 heteroatoms. The van der Waals surface area contributed by atoms with Crippen molar-refractivity contribution in [1.29, 1.82) is 0 Å². The summed E-state index contributed by atoms with van der Waals surface area (Å²) < 4.78 is 61.3. The summed E-state index contributed by atoms with van der Waals surface area (Å²) in [6.45, 7) is -1.67. The second kappa shape index (κ2) is 7.42. The van der Waals surface area contributed by atoms with Gasteiger partial charge in [-0.15, -0.1) is 0 Å². The Morgan fingerprint density at radius 2 is 1.64 bits per heavy atom. The van der Waals surface area contributed by atoms with Crippen LogP contribution in [-0.2, 0) is 10.0 Å². The second-order valence-corrected chi connectivity index (χ2v) is 7.07. The third-order valence-corrected chi connectivity index (χ3v) is 4.75. The number of sulfonamides is 1. The van der Waals surface area contributed by atoms with Crippen LogP contribution in [0.1, 0.15) is 10.4 Å². The Balaban J connectivity index is 2.10. The van der Waals surface area contributed by atoms with Crippen molar-refractivity contribution in [2.24, 2.45) is 0 Å². The van der Waals surface area contributed by atoms with Gasteiger partial charge in [0.05, 0.1) is 15.5 Å². The molecule has 2 N–H and O–H groups in total. The van der Waals surface area contributed by atoms with E-state index < -0.39 is 28.7 Å². The van der Waals surface area contributed by atoms with Gasteiger partial charge in [0.2, 0.25) is 10.0 Å². The highest BCUT2D eigenvalue weighted by molar-refractivity contribution is 7.89. The number of rotatable bonds is 5. The monoisotopic (exact) mass is 392 g/mol. The van der Waals surface area contributed by atoms with Crippen LogP contribution in [0.2, 0.25) is 5.02 Å². The predicted molar refractivity (Wildman–Crippen MR) is 87.1 cm³/mol. The predicted octanol–water partition coefficient (Wildman–Crippen LogP) is 3.43. The number of alkyl halides is 3. The maximum Gasteiger partial charge on any atom is 0.402 e. The maximum atomic E-state index is 12.1. The zero-order valence-electron chi connectivity index (χ0n) is 12.5. The molecule has 0 aliphatic carbocycles. The minimum atomic E-state index is -4.66. The van der Waals surface area contributed by atoms with Crippen molar-refractivity contribution in [2.75, 3.05) is 11.9 Å². The van der Waals surface area contributed by atoms with Crippen molar-refractivity contribution in [3.05, 3.63) is 59.1 Å². The highest BCUT2D eigenvalue weighted by Crippen LogP contribution is 2.19. The van der Waals surface area contributed by atoms with Gasteiger partial charge in [-0.2, -0.15) is 13.2 Å². The molecule has 0 aliphatic heterocycles. The molecule has 1 amide bonds. The van der Waals surface area contributed by atoms with Crippen LogP contribution in [0.4, 0.5) is 18.9 Å². The fourth-order valence-corrected chi connectivity index (χ4v) is 3.06. The minimum absolute atomic E-state index is 0.229. The molecule has 5 nitrogen and oxygen atoms in total. The molecule has 2 aromatic rings. The van der Waals surface area contributed by atoms with E-state index in [1.165, 1.54) is 22.9 Å². The zero-order valence-corrected chi connectivity index (χ0v) is 14.0. The van der Waals surface area contributed by atoms with Crippen molar-refractivity contribution >= 4 is 33.2 Å². The number of nitrogens with one attached hydrogen (secondary N) is 2. The van der Waals surface area contributed by atoms with E-state index in [2.05, 4.69) is 5.32 Å². The normalized spacial score (nSPS) is 12.0. The van der Waals surface area contributed by atoms with Crippen LogP contribution in [0, 0.1) is 0 Å². The molecule has 0 aromatic heterocycles. The van der Waals surface area contributed by atoms with Gasteiger partial charge in [0.15, 0.2) is 0 Å². The molecule has 2 rings (SSSR count). The summed E-state index contributed by atoms with van der Waals surface area (Å²) in [5, 5.41) is 2.76. The fourth-order valence-electron chi connectivity index (χ4n) is 1.82. The third kappa shape index (κ3) is 5.45. The number of halogens is 4. The van der Waals surface area contributed by atoms with Gasteiger partial charge in [0.25, 0.3) is 5.91 Å². The Morgan fingerprint density at radius 1 is 1.04 bits per heavy atom. The van der Waals surface area contributed by atoms with Gasteiger partial charge in [-0.1, -0.05) is 23.7 Å². The highest BCUT2D eigenvalue weighted by Gasteiger charge is 2.30. The van der Waals surface area contributed by atoms with E-state index in [4.69, 9.17) is 11.6 Å². The lowest BCUT2D eigenvalue weighted by Gasteiger charge is -2.10. The summed E-state index contributed by atoms with van der Waals surface area (Å²) in [5.41, 5.74) is 0.493. The molecule has 2 aromatic carbocycles. The quantitative estimate of drug-likeness (QED) is 0.818. The van der Waals surface area contributed by atoms with Crippen LogP contribution in [0.3, 0.4) is 0 Å². The van der Waals surface area contributed by atoms with E-state index in [9.17, 15) is 26.4 Å². The molecular weight excluding hydrogens is 381 g/mol. The number of amides is 1. The molecule has 25 heavy (non-hydrogen) atoms. The zero-order chi connectivity index (χ0) is 18.7. The maximum absolute atomic E-state index is 12.1. The molecule has 0 bridgehead atoms.